The molecule has 0 aliphatic heterocycles. The second-order valence-electron chi connectivity index (χ2n) is 3.98. The maximum atomic E-state index is 12.5. The van der Waals surface area contributed by atoms with Crippen LogP contribution < -0.4 is 11.3 Å². The molecular weight excluding hydrogens is 308 g/mol. The van der Waals surface area contributed by atoms with Crippen LogP contribution in [-0.2, 0) is 0 Å². The first-order valence-corrected chi connectivity index (χ1v) is 6.34. The van der Waals surface area contributed by atoms with Crippen LogP contribution in [0.25, 0.3) is 16.6 Å². The molecule has 0 saturated heterocycles. The smallest absolute Gasteiger partial charge is 0.267 e. The van der Waals surface area contributed by atoms with Crippen molar-refractivity contribution in [2.24, 2.45) is 0 Å². The Morgan fingerprint density at radius 2 is 2.11 bits per heavy atom. The molecule has 3 aromatic rings. The van der Waals surface area contributed by atoms with Gasteiger partial charge in [-0.15, -0.1) is 0 Å². The minimum Gasteiger partial charge on any atom is -0.369 e. The van der Waals surface area contributed by atoms with Gasteiger partial charge in [0.1, 0.15) is 0 Å². The number of anilines is 1. The van der Waals surface area contributed by atoms with Crippen LogP contribution in [0.4, 0.5) is 5.95 Å². The van der Waals surface area contributed by atoms with Crippen LogP contribution in [0.1, 0.15) is 0 Å². The van der Waals surface area contributed by atoms with Gasteiger partial charge in [0.05, 0.1) is 22.8 Å². The van der Waals surface area contributed by atoms with Crippen molar-refractivity contribution in [3.8, 4) is 5.69 Å². The fourth-order valence-corrected chi connectivity index (χ4v) is 2.27. The van der Waals surface area contributed by atoms with Crippen LogP contribution in [0.2, 0.25) is 0 Å². The molecule has 94 valence electrons. The number of halogens is 1. The molecule has 0 aliphatic carbocycles. The molecule has 0 unspecified atom stereocenters. The third-order valence-electron chi connectivity index (χ3n) is 2.76. The minimum absolute atomic E-state index is 0.146. The lowest BCUT2D eigenvalue weighted by molar-refractivity contribution is 0.971. The molecule has 2 N–H and O–H groups in total. The summed E-state index contributed by atoms with van der Waals surface area (Å²) in [4.78, 5) is 20.7. The molecule has 3 rings (SSSR count). The summed E-state index contributed by atoms with van der Waals surface area (Å²) in [6.07, 6.45) is 3.21. The Balaban J connectivity index is 2.41. The number of hydrogen-bond donors (Lipinski definition) is 1. The van der Waals surface area contributed by atoms with Crippen molar-refractivity contribution in [3.05, 3.63) is 57.6 Å². The van der Waals surface area contributed by atoms with Crippen LogP contribution in [0, 0.1) is 0 Å². The number of rotatable bonds is 1. The van der Waals surface area contributed by atoms with Gasteiger partial charge in [-0.2, -0.15) is 0 Å². The van der Waals surface area contributed by atoms with Gasteiger partial charge < -0.3 is 5.73 Å². The highest BCUT2D eigenvalue weighted by Crippen LogP contribution is 2.17. The standard InChI is InChI=1S/C13H9BrN4O/c14-8-3-4-11-10(6-8)12(19)18(13(15)17-11)9-2-1-5-16-7-9/h1-7H,(H2,15,17). The third kappa shape index (κ3) is 2.00. The first kappa shape index (κ1) is 11.9. The van der Waals surface area contributed by atoms with Gasteiger partial charge in [-0.05, 0) is 30.3 Å². The van der Waals surface area contributed by atoms with E-state index in [4.69, 9.17) is 5.73 Å². The van der Waals surface area contributed by atoms with Crippen molar-refractivity contribution >= 4 is 32.8 Å². The van der Waals surface area contributed by atoms with Crippen LogP contribution in [0.3, 0.4) is 0 Å². The van der Waals surface area contributed by atoms with Gasteiger partial charge in [-0.1, -0.05) is 15.9 Å². The van der Waals surface area contributed by atoms with E-state index in [1.807, 2.05) is 6.07 Å². The van der Waals surface area contributed by atoms with Crippen LogP contribution in [0.15, 0.2) is 52.0 Å². The number of aromatic nitrogens is 3. The Morgan fingerprint density at radius 1 is 1.26 bits per heavy atom. The van der Waals surface area contributed by atoms with Crippen LogP contribution in [0.5, 0.6) is 0 Å². The number of nitrogens with zero attached hydrogens (tertiary/aromatic N) is 3. The molecule has 6 heteroatoms. The summed E-state index contributed by atoms with van der Waals surface area (Å²) in [5.41, 5.74) is 6.83. The van der Waals surface area contributed by atoms with Gasteiger partial charge in [-0.25, -0.2) is 9.55 Å². The molecule has 2 aromatic heterocycles. The zero-order valence-corrected chi connectivity index (χ0v) is 11.3. The Bertz CT molecular complexity index is 814. The first-order chi connectivity index (χ1) is 9.16. The topological polar surface area (TPSA) is 73.8 Å². The van der Waals surface area contributed by atoms with Crippen molar-refractivity contribution in [2.75, 3.05) is 5.73 Å². The van der Waals surface area contributed by atoms with E-state index < -0.39 is 0 Å². The van der Waals surface area contributed by atoms with Gasteiger partial charge in [0.15, 0.2) is 0 Å². The summed E-state index contributed by atoms with van der Waals surface area (Å²) in [7, 11) is 0. The zero-order chi connectivity index (χ0) is 13.4. The van der Waals surface area contributed by atoms with E-state index in [0.29, 0.717) is 16.6 Å². The molecule has 0 atom stereocenters. The molecule has 0 aliphatic rings. The summed E-state index contributed by atoms with van der Waals surface area (Å²) < 4.78 is 2.17. The summed E-state index contributed by atoms with van der Waals surface area (Å²) >= 11 is 3.35. The van der Waals surface area contributed by atoms with E-state index in [1.165, 1.54) is 4.57 Å². The van der Waals surface area contributed by atoms with Crippen LogP contribution in [-0.4, -0.2) is 14.5 Å². The van der Waals surface area contributed by atoms with Gasteiger partial charge >= 0.3 is 0 Å². The van der Waals surface area contributed by atoms with Gasteiger partial charge in [-0.3, -0.25) is 9.78 Å². The van der Waals surface area contributed by atoms with E-state index in [1.54, 1.807) is 36.7 Å². The number of hydrogen-bond acceptors (Lipinski definition) is 4. The average Bonchev–Trinajstić information content (AvgIpc) is 2.41. The number of nitrogens with two attached hydrogens (primary N) is 1. The average molecular weight is 317 g/mol. The summed E-state index contributed by atoms with van der Waals surface area (Å²) in [6.45, 7) is 0. The quantitative estimate of drug-likeness (QED) is 0.746. The highest BCUT2D eigenvalue weighted by molar-refractivity contribution is 9.10. The number of pyridine rings is 1. The summed E-state index contributed by atoms with van der Waals surface area (Å²) in [5, 5.41) is 0.507. The summed E-state index contributed by atoms with van der Waals surface area (Å²) in [6, 6.07) is 8.81. The number of nitrogen functional groups attached to an aromatic ring is 1. The molecule has 5 nitrogen and oxygen atoms in total. The molecule has 0 saturated carbocycles. The molecule has 0 fully saturated rings. The SMILES string of the molecule is Nc1nc2ccc(Br)cc2c(=O)n1-c1cccnc1. The lowest BCUT2D eigenvalue weighted by atomic mass is 10.2. The van der Waals surface area contributed by atoms with Crippen molar-refractivity contribution in [2.45, 2.75) is 0 Å². The van der Waals surface area contributed by atoms with Crippen LogP contribution >= 0.6 is 15.9 Å². The molecule has 1 aromatic carbocycles. The fourth-order valence-electron chi connectivity index (χ4n) is 1.91. The largest absolute Gasteiger partial charge is 0.369 e. The lowest BCUT2D eigenvalue weighted by Gasteiger charge is -2.09. The molecule has 19 heavy (non-hydrogen) atoms. The predicted molar refractivity (Wildman–Crippen MR) is 77.2 cm³/mol. The van der Waals surface area contributed by atoms with E-state index in [0.717, 1.165) is 4.47 Å². The molecular formula is C13H9BrN4O. The fraction of sp³-hybridized carbons (Fsp3) is 0. The molecule has 0 spiro atoms. The zero-order valence-electron chi connectivity index (χ0n) is 9.75. The highest BCUT2D eigenvalue weighted by atomic mass is 79.9. The predicted octanol–water partition coefficient (Wildman–Crippen LogP) is 2.13. The molecule has 0 bridgehead atoms. The van der Waals surface area contributed by atoms with E-state index in [9.17, 15) is 4.79 Å². The minimum atomic E-state index is -0.211. The second-order valence-corrected chi connectivity index (χ2v) is 4.90. The van der Waals surface area contributed by atoms with E-state index in [-0.39, 0.29) is 11.5 Å². The first-order valence-electron chi connectivity index (χ1n) is 5.55. The summed E-state index contributed by atoms with van der Waals surface area (Å²) in [5.74, 6) is 0.146. The number of benzene rings is 1. The Kier molecular flexibility index (Phi) is 2.79. The molecule has 0 radical (unpaired) electrons. The van der Waals surface area contributed by atoms with E-state index >= 15 is 0 Å². The Hall–Kier alpha value is -2.21. The monoisotopic (exact) mass is 316 g/mol. The molecule has 0 amide bonds. The van der Waals surface area contributed by atoms with Crippen molar-refractivity contribution < 1.29 is 0 Å². The van der Waals surface area contributed by atoms with E-state index in [2.05, 4.69) is 25.9 Å². The van der Waals surface area contributed by atoms with Crippen molar-refractivity contribution in [3.63, 3.8) is 0 Å². The van der Waals surface area contributed by atoms with Gasteiger partial charge in [0.2, 0.25) is 5.95 Å². The lowest BCUT2D eigenvalue weighted by Crippen LogP contribution is -2.23. The Morgan fingerprint density at radius 3 is 2.84 bits per heavy atom. The number of fused-ring (bicyclic) bond motifs is 1. The van der Waals surface area contributed by atoms with Gasteiger partial charge in [0, 0.05) is 10.7 Å². The Labute approximate surface area is 116 Å². The van der Waals surface area contributed by atoms with Crippen molar-refractivity contribution in [1.29, 1.82) is 0 Å². The molecule has 2 heterocycles. The maximum absolute atomic E-state index is 12.5. The van der Waals surface area contributed by atoms with Gasteiger partial charge in [0.25, 0.3) is 5.56 Å². The maximum Gasteiger partial charge on any atom is 0.267 e. The highest BCUT2D eigenvalue weighted by Gasteiger charge is 2.10. The van der Waals surface area contributed by atoms with Crippen molar-refractivity contribution in [1.82, 2.24) is 14.5 Å². The normalized spacial score (nSPS) is 10.8. The second kappa shape index (κ2) is 4.47. The third-order valence-corrected chi connectivity index (χ3v) is 3.25.